The Morgan fingerprint density at radius 3 is 2.42 bits per heavy atom. The first-order valence-corrected chi connectivity index (χ1v) is 10.6. The molecule has 31 heavy (non-hydrogen) atoms. The molecule has 4 nitrogen and oxygen atoms in total. The van der Waals surface area contributed by atoms with Crippen LogP contribution in [0.15, 0.2) is 65.3 Å². The Labute approximate surface area is 187 Å². The standard InChI is InChI=1S/C27H27N3O/c1-17(2)20-8-6-9-21(18(3)4)25(20)30-15-14-29(16-30)24-11-7-10-22-23-13-12-19(5)28-27(23)31-26(22)24/h6-15,17-18H,1-5H3/i5D3. The number of rotatable bonds is 4. The molecule has 3 heterocycles. The molecule has 2 aromatic carbocycles. The number of benzene rings is 2. The summed E-state index contributed by atoms with van der Waals surface area (Å²) in [6.07, 6.45) is 7.45. The number of nitrogens with zero attached hydrogens (tertiary/aromatic N) is 3. The van der Waals surface area contributed by atoms with E-state index in [0.29, 0.717) is 23.1 Å². The van der Waals surface area contributed by atoms with Gasteiger partial charge in [-0.1, -0.05) is 58.0 Å². The van der Waals surface area contributed by atoms with Crippen LogP contribution < -0.4 is 4.57 Å². The van der Waals surface area contributed by atoms with Gasteiger partial charge in [0.2, 0.25) is 5.71 Å². The molecule has 4 heteroatoms. The van der Waals surface area contributed by atoms with E-state index in [9.17, 15) is 0 Å². The summed E-state index contributed by atoms with van der Waals surface area (Å²) in [5, 5.41) is 1.67. The Balaban J connectivity index is 1.67. The average molecular weight is 413 g/mol. The molecule has 0 unspecified atom stereocenters. The number of hydrogen-bond donors (Lipinski definition) is 0. The van der Waals surface area contributed by atoms with E-state index in [0.717, 1.165) is 22.1 Å². The van der Waals surface area contributed by atoms with Crippen molar-refractivity contribution >= 4 is 22.1 Å². The highest BCUT2D eigenvalue weighted by molar-refractivity contribution is 6.05. The quantitative estimate of drug-likeness (QED) is 0.253. The van der Waals surface area contributed by atoms with Gasteiger partial charge in [0.1, 0.15) is 5.69 Å². The van der Waals surface area contributed by atoms with Crippen molar-refractivity contribution in [3.8, 4) is 11.4 Å². The molecule has 0 bridgehead atoms. The van der Waals surface area contributed by atoms with Gasteiger partial charge in [0.25, 0.3) is 6.33 Å². The number of fused-ring (bicyclic) bond motifs is 3. The molecular formula is C27H27N3O. The fourth-order valence-electron chi connectivity index (χ4n) is 4.22. The van der Waals surface area contributed by atoms with E-state index in [1.165, 1.54) is 11.1 Å². The van der Waals surface area contributed by atoms with E-state index in [4.69, 9.17) is 8.53 Å². The van der Waals surface area contributed by atoms with Crippen LogP contribution in [0.25, 0.3) is 33.4 Å². The van der Waals surface area contributed by atoms with Crippen molar-refractivity contribution in [2.75, 3.05) is 0 Å². The van der Waals surface area contributed by atoms with Gasteiger partial charge in [-0.3, -0.25) is 9.13 Å². The molecular weight excluding hydrogens is 382 g/mol. The highest BCUT2D eigenvalue weighted by atomic mass is 16.3. The van der Waals surface area contributed by atoms with Crippen LogP contribution in [0.5, 0.6) is 0 Å². The molecule has 156 valence electrons. The second-order valence-corrected chi connectivity index (χ2v) is 8.54. The maximum atomic E-state index is 7.66. The lowest BCUT2D eigenvalue weighted by Gasteiger charge is -2.19. The average Bonchev–Trinajstić information content (AvgIpc) is 3.42. The lowest BCUT2D eigenvalue weighted by Crippen LogP contribution is -2.28. The molecule has 5 aromatic rings. The minimum Gasteiger partial charge on any atom is -0.441 e. The Morgan fingerprint density at radius 2 is 1.71 bits per heavy atom. The summed E-state index contributed by atoms with van der Waals surface area (Å²) in [6.45, 7) is 6.53. The molecule has 0 aliphatic rings. The zero-order valence-electron chi connectivity index (χ0n) is 21.2. The number of furan rings is 1. The fraction of sp³-hybridized carbons (Fsp3) is 0.259. The summed E-state index contributed by atoms with van der Waals surface area (Å²) in [7, 11) is 0. The van der Waals surface area contributed by atoms with Crippen LogP contribution in [0, 0.1) is 13.2 Å². The van der Waals surface area contributed by atoms with Crippen LogP contribution in [0.2, 0.25) is 0 Å². The third kappa shape index (κ3) is 3.23. The fourth-order valence-corrected chi connectivity index (χ4v) is 4.22. The topological polar surface area (TPSA) is 34.8 Å². The van der Waals surface area contributed by atoms with Gasteiger partial charge in [-0.05, 0) is 48.0 Å². The molecule has 0 saturated carbocycles. The Kier molecular flexibility index (Phi) is 3.88. The minimum absolute atomic E-state index is 0.0254. The zero-order chi connectivity index (χ0) is 24.2. The van der Waals surface area contributed by atoms with Crippen LogP contribution in [-0.2, 0) is 0 Å². The first kappa shape index (κ1) is 16.3. The van der Waals surface area contributed by atoms with E-state index in [2.05, 4.69) is 61.8 Å². The molecule has 0 N–H and O–H groups in total. The van der Waals surface area contributed by atoms with Gasteiger partial charge in [-0.25, -0.2) is 4.98 Å². The summed E-state index contributed by atoms with van der Waals surface area (Å²) in [6, 6.07) is 15.7. The van der Waals surface area contributed by atoms with Gasteiger partial charge in [0, 0.05) is 33.0 Å². The van der Waals surface area contributed by atoms with Gasteiger partial charge in [-0.2, -0.15) is 0 Å². The number of para-hydroxylation sites is 2. The van der Waals surface area contributed by atoms with Gasteiger partial charge < -0.3 is 4.42 Å². The molecule has 0 aliphatic heterocycles. The van der Waals surface area contributed by atoms with E-state index < -0.39 is 6.85 Å². The predicted molar refractivity (Wildman–Crippen MR) is 124 cm³/mol. The Bertz CT molecular complexity index is 1480. The molecule has 0 spiro atoms. The number of imidazole rings is 1. The number of hydrogen-bond acceptors (Lipinski definition) is 2. The molecule has 0 fully saturated rings. The second-order valence-electron chi connectivity index (χ2n) is 8.54. The third-order valence-corrected chi connectivity index (χ3v) is 5.77. The first-order chi connectivity index (χ1) is 16.1. The summed E-state index contributed by atoms with van der Waals surface area (Å²) in [5.74, 6) is 0.741. The molecule has 0 saturated heterocycles. The largest absolute Gasteiger partial charge is 0.441 e. The van der Waals surface area contributed by atoms with E-state index >= 15 is 0 Å². The van der Waals surface area contributed by atoms with Crippen LogP contribution >= 0.6 is 0 Å². The number of aromatic nitrogens is 3. The summed E-state index contributed by atoms with van der Waals surface area (Å²) in [5.41, 5.74) is 5.51. The van der Waals surface area contributed by atoms with Crippen molar-refractivity contribution < 1.29 is 13.1 Å². The summed E-state index contributed by atoms with van der Waals surface area (Å²) >= 11 is 0. The first-order valence-electron chi connectivity index (χ1n) is 12.1. The normalized spacial score (nSPS) is 13.8. The molecule has 0 atom stereocenters. The van der Waals surface area contributed by atoms with E-state index in [1.807, 2.05) is 35.2 Å². The lowest BCUT2D eigenvalue weighted by atomic mass is 9.92. The minimum atomic E-state index is -2.28. The summed E-state index contributed by atoms with van der Waals surface area (Å²) in [4.78, 5) is 4.28. The van der Waals surface area contributed by atoms with Crippen molar-refractivity contribution in [1.29, 1.82) is 0 Å². The highest BCUT2D eigenvalue weighted by Gasteiger charge is 2.18. The van der Waals surface area contributed by atoms with Gasteiger partial charge in [0.15, 0.2) is 5.58 Å². The van der Waals surface area contributed by atoms with Crippen LogP contribution in [-0.4, -0.2) is 9.55 Å². The monoisotopic (exact) mass is 412 g/mol. The van der Waals surface area contributed by atoms with Crippen molar-refractivity contribution in [2.45, 2.75) is 46.4 Å². The van der Waals surface area contributed by atoms with E-state index in [1.54, 1.807) is 12.1 Å². The van der Waals surface area contributed by atoms with Gasteiger partial charge >= 0.3 is 0 Å². The van der Waals surface area contributed by atoms with Crippen molar-refractivity contribution in [2.24, 2.45) is 0 Å². The second kappa shape index (κ2) is 7.38. The molecule has 5 rings (SSSR count). The number of aryl methyl sites for hydroxylation is 1. The number of pyridine rings is 1. The van der Waals surface area contributed by atoms with Crippen molar-refractivity contribution in [1.82, 2.24) is 9.55 Å². The Morgan fingerprint density at radius 1 is 0.968 bits per heavy atom. The molecule has 0 aliphatic carbocycles. The third-order valence-electron chi connectivity index (χ3n) is 5.77. The lowest BCUT2D eigenvalue weighted by molar-refractivity contribution is -0.598. The predicted octanol–water partition coefficient (Wildman–Crippen LogP) is 6.40. The maximum Gasteiger partial charge on any atom is 0.268 e. The highest BCUT2D eigenvalue weighted by Crippen LogP contribution is 2.32. The molecule has 0 radical (unpaired) electrons. The molecule has 3 aromatic heterocycles. The maximum absolute atomic E-state index is 7.66. The smallest absolute Gasteiger partial charge is 0.268 e. The SMILES string of the molecule is [2H]C([2H])([2H])c1ccc2c(n1)oc1c(-[n+]3[c-]n(-c4c(C(C)C)cccc4C(C)C)cc3)cccc12. The van der Waals surface area contributed by atoms with E-state index in [-0.39, 0.29) is 5.69 Å². The molecule has 0 amide bonds. The zero-order valence-corrected chi connectivity index (χ0v) is 18.2. The van der Waals surface area contributed by atoms with Crippen molar-refractivity contribution in [3.63, 3.8) is 0 Å². The van der Waals surface area contributed by atoms with Gasteiger partial charge in [0.05, 0.1) is 5.69 Å². The van der Waals surface area contributed by atoms with Crippen molar-refractivity contribution in [3.05, 3.63) is 84.1 Å². The van der Waals surface area contributed by atoms with Crippen LogP contribution in [0.3, 0.4) is 0 Å². The van der Waals surface area contributed by atoms with Crippen LogP contribution in [0.1, 0.15) is 60.5 Å². The Hall–Kier alpha value is -3.40. The summed E-state index contributed by atoms with van der Waals surface area (Å²) < 4.78 is 33.0. The van der Waals surface area contributed by atoms with Crippen LogP contribution in [0.4, 0.5) is 0 Å². The van der Waals surface area contributed by atoms with Gasteiger partial charge in [-0.15, -0.1) is 0 Å².